The topological polar surface area (TPSA) is 25.2 Å². The molecule has 0 aliphatic heterocycles. The van der Waals surface area contributed by atoms with E-state index in [-0.39, 0.29) is 6.61 Å². The number of aryl methyl sites for hydroxylation is 3. The maximum absolute atomic E-state index is 8.86. The van der Waals surface area contributed by atoms with Crippen molar-refractivity contribution < 1.29 is 5.11 Å². The molecule has 17 heavy (non-hydrogen) atoms. The molecular weight excluding hydrogens is 210 g/mol. The van der Waals surface area contributed by atoms with Gasteiger partial charge in [-0.15, -0.1) is 0 Å². The van der Waals surface area contributed by atoms with E-state index in [9.17, 15) is 0 Å². The van der Waals surface area contributed by atoms with Crippen molar-refractivity contribution in [1.29, 1.82) is 0 Å². The highest BCUT2D eigenvalue weighted by Gasteiger charge is 2.04. The standard InChI is InChI=1S/C15H19NO/c1-12-8-9-13(2)16(12)15-7-3-5-14(11-15)6-4-10-17/h3,5,7-9,11,17H,4,6,10H2,1-2H3. The minimum absolute atomic E-state index is 0.256. The number of rotatable bonds is 4. The zero-order valence-corrected chi connectivity index (χ0v) is 10.5. The van der Waals surface area contributed by atoms with Crippen LogP contribution in [-0.2, 0) is 6.42 Å². The zero-order valence-electron chi connectivity index (χ0n) is 10.5. The number of aliphatic hydroxyl groups is 1. The van der Waals surface area contributed by atoms with Crippen molar-refractivity contribution in [2.45, 2.75) is 26.7 Å². The van der Waals surface area contributed by atoms with Crippen molar-refractivity contribution in [3.8, 4) is 5.69 Å². The van der Waals surface area contributed by atoms with Crippen LogP contribution in [0.25, 0.3) is 5.69 Å². The van der Waals surface area contributed by atoms with Crippen LogP contribution in [0.3, 0.4) is 0 Å². The molecule has 2 heteroatoms. The van der Waals surface area contributed by atoms with E-state index < -0.39 is 0 Å². The Bertz CT molecular complexity index is 480. The van der Waals surface area contributed by atoms with Crippen LogP contribution in [0.4, 0.5) is 0 Å². The second-order valence-electron chi connectivity index (χ2n) is 4.45. The fraction of sp³-hybridized carbons (Fsp3) is 0.333. The lowest BCUT2D eigenvalue weighted by molar-refractivity contribution is 0.288. The van der Waals surface area contributed by atoms with E-state index in [0.717, 1.165) is 12.8 Å². The van der Waals surface area contributed by atoms with E-state index in [1.165, 1.54) is 22.6 Å². The fourth-order valence-corrected chi connectivity index (χ4v) is 2.21. The first-order valence-corrected chi connectivity index (χ1v) is 6.07. The highest BCUT2D eigenvalue weighted by atomic mass is 16.2. The molecular formula is C15H19NO. The Morgan fingerprint density at radius 2 is 1.76 bits per heavy atom. The van der Waals surface area contributed by atoms with Gasteiger partial charge in [0.15, 0.2) is 0 Å². The molecule has 0 fully saturated rings. The Morgan fingerprint density at radius 3 is 2.41 bits per heavy atom. The quantitative estimate of drug-likeness (QED) is 0.856. The summed E-state index contributed by atoms with van der Waals surface area (Å²) in [5.41, 5.74) is 4.99. The number of hydrogen-bond donors (Lipinski definition) is 1. The molecule has 0 aliphatic rings. The molecule has 1 heterocycles. The Labute approximate surface area is 103 Å². The summed E-state index contributed by atoms with van der Waals surface area (Å²) in [6, 6.07) is 12.8. The highest BCUT2D eigenvalue weighted by molar-refractivity contribution is 5.40. The molecule has 90 valence electrons. The van der Waals surface area contributed by atoms with Gasteiger partial charge in [-0.3, -0.25) is 0 Å². The SMILES string of the molecule is Cc1ccc(C)n1-c1cccc(CCCO)c1. The van der Waals surface area contributed by atoms with Crippen molar-refractivity contribution in [3.63, 3.8) is 0 Å². The first-order chi connectivity index (χ1) is 8.22. The molecule has 2 nitrogen and oxygen atoms in total. The summed E-state index contributed by atoms with van der Waals surface area (Å²) in [7, 11) is 0. The molecule has 0 aliphatic carbocycles. The van der Waals surface area contributed by atoms with Gasteiger partial charge >= 0.3 is 0 Å². The number of nitrogens with zero attached hydrogens (tertiary/aromatic N) is 1. The lowest BCUT2D eigenvalue weighted by Crippen LogP contribution is -1.99. The molecule has 0 spiro atoms. The van der Waals surface area contributed by atoms with Crippen molar-refractivity contribution >= 4 is 0 Å². The van der Waals surface area contributed by atoms with Gasteiger partial charge in [0, 0.05) is 23.7 Å². The maximum atomic E-state index is 8.86. The lowest BCUT2D eigenvalue weighted by Gasteiger charge is -2.11. The molecule has 1 N–H and O–H groups in total. The van der Waals surface area contributed by atoms with Crippen LogP contribution in [0, 0.1) is 13.8 Å². The summed E-state index contributed by atoms with van der Waals surface area (Å²) in [4.78, 5) is 0. The largest absolute Gasteiger partial charge is 0.396 e. The molecule has 0 amide bonds. The van der Waals surface area contributed by atoms with E-state index in [1.807, 2.05) is 0 Å². The van der Waals surface area contributed by atoms with Gasteiger partial charge in [0.1, 0.15) is 0 Å². The maximum Gasteiger partial charge on any atom is 0.0457 e. The molecule has 0 saturated heterocycles. The van der Waals surface area contributed by atoms with Gasteiger partial charge in [0.2, 0.25) is 0 Å². The molecule has 0 radical (unpaired) electrons. The van der Waals surface area contributed by atoms with E-state index >= 15 is 0 Å². The Kier molecular flexibility index (Phi) is 3.64. The smallest absolute Gasteiger partial charge is 0.0457 e. The van der Waals surface area contributed by atoms with Crippen LogP contribution in [0.2, 0.25) is 0 Å². The van der Waals surface area contributed by atoms with Crippen LogP contribution in [0.5, 0.6) is 0 Å². The number of aromatic nitrogens is 1. The summed E-state index contributed by atoms with van der Waals surface area (Å²) >= 11 is 0. The van der Waals surface area contributed by atoms with Gasteiger partial charge in [0.25, 0.3) is 0 Å². The third-order valence-corrected chi connectivity index (χ3v) is 3.06. The lowest BCUT2D eigenvalue weighted by atomic mass is 10.1. The molecule has 0 unspecified atom stereocenters. The van der Waals surface area contributed by atoms with Crippen LogP contribution in [0.15, 0.2) is 36.4 Å². The Balaban J connectivity index is 2.33. The molecule has 2 rings (SSSR count). The zero-order chi connectivity index (χ0) is 12.3. The van der Waals surface area contributed by atoms with Gasteiger partial charge in [0.05, 0.1) is 0 Å². The van der Waals surface area contributed by atoms with Crippen LogP contribution in [0.1, 0.15) is 23.4 Å². The van der Waals surface area contributed by atoms with Crippen LogP contribution in [-0.4, -0.2) is 16.3 Å². The van der Waals surface area contributed by atoms with Gasteiger partial charge < -0.3 is 9.67 Å². The number of aliphatic hydroxyl groups excluding tert-OH is 1. The van der Waals surface area contributed by atoms with Crippen molar-refractivity contribution in [2.24, 2.45) is 0 Å². The molecule has 1 aromatic heterocycles. The first kappa shape index (κ1) is 11.9. The van der Waals surface area contributed by atoms with Crippen molar-refractivity contribution in [1.82, 2.24) is 4.57 Å². The monoisotopic (exact) mass is 229 g/mol. The fourth-order valence-electron chi connectivity index (χ4n) is 2.21. The minimum atomic E-state index is 0.256. The van der Waals surface area contributed by atoms with Gasteiger partial charge in [-0.1, -0.05) is 12.1 Å². The summed E-state index contributed by atoms with van der Waals surface area (Å²) in [5.74, 6) is 0. The van der Waals surface area contributed by atoms with E-state index in [0.29, 0.717) is 0 Å². The second kappa shape index (κ2) is 5.19. The molecule has 0 bridgehead atoms. The van der Waals surface area contributed by atoms with Crippen LogP contribution < -0.4 is 0 Å². The predicted octanol–water partition coefficient (Wildman–Crippen LogP) is 3.02. The van der Waals surface area contributed by atoms with Gasteiger partial charge in [-0.05, 0) is 56.5 Å². The van der Waals surface area contributed by atoms with E-state index in [2.05, 4.69) is 54.8 Å². The average Bonchev–Trinajstić information content (AvgIpc) is 2.67. The first-order valence-electron chi connectivity index (χ1n) is 6.07. The Morgan fingerprint density at radius 1 is 1.06 bits per heavy atom. The number of hydrogen-bond acceptors (Lipinski definition) is 1. The van der Waals surface area contributed by atoms with Crippen molar-refractivity contribution in [2.75, 3.05) is 6.61 Å². The summed E-state index contributed by atoms with van der Waals surface area (Å²) < 4.78 is 2.25. The van der Waals surface area contributed by atoms with E-state index in [4.69, 9.17) is 5.11 Å². The van der Waals surface area contributed by atoms with Crippen LogP contribution >= 0.6 is 0 Å². The van der Waals surface area contributed by atoms with E-state index in [1.54, 1.807) is 0 Å². The molecule has 0 atom stereocenters. The summed E-state index contributed by atoms with van der Waals surface area (Å²) in [6.07, 6.45) is 1.76. The average molecular weight is 229 g/mol. The molecule has 2 aromatic rings. The Hall–Kier alpha value is -1.54. The highest BCUT2D eigenvalue weighted by Crippen LogP contribution is 2.18. The van der Waals surface area contributed by atoms with Gasteiger partial charge in [-0.2, -0.15) is 0 Å². The molecule has 1 aromatic carbocycles. The van der Waals surface area contributed by atoms with Gasteiger partial charge in [-0.25, -0.2) is 0 Å². The molecule has 0 saturated carbocycles. The summed E-state index contributed by atoms with van der Waals surface area (Å²) in [6.45, 7) is 4.49. The predicted molar refractivity (Wildman–Crippen MR) is 70.6 cm³/mol. The minimum Gasteiger partial charge on any atom is -0.396 e. The van der Waals surface area contributed by atoms with Crippen molar-refractivity contribution in [3.05, 3.63) is 53.3 Å². The third-order valence-electron chi connectivity index (χ3n) is 3.06. The number of benzene rings is 1. The normalized spacial score (nSPS) is 10.8. The third kappa shape index (κ3) is 2.59. The summed E-state index contributed by atoms with van der Waals surface area (Å²) in [5, 5.41) is 8.86. The second-order valence-corrected chi connectivity index (χ2v) is 4.45.